The van der Waals surface area contributed by atoms with Crippen LogP contribution in [0, 0.1) is 23.7 Å². The molecular weight excluding hydrogens is 246 g/mol. The van der Waals surface area contributed by atoms with Gasteiger partial charge in [-0.15, -0.1) is 0 Å². The maximum Gasteiger partial charge on any atom is 0.0713 e. The molecule has 3 aliphatic carbocycles. The SMILES string of the molecule is COCc1cccc(NC2CC3CC2C2CCCC32)c1. The number of benzene rings is 1. The Morgan fingerprint density at radius 1 is 1.15 bits per heavy atom. The van der Waals surface area contributed by atoms with Crippen LogP contribution in [0.15, 0.2) is 24.3 Å². The molecule has 2 heteroatoms. The first-order valence-electron chi connectivity index (χ1n) is 8.19. The summed E-state index contributed by atoms with van der Waals surface area (Å²) in [6.07, 6.45) is 7.39. The van der Waals surface area contributed by atoms with Gasteiger partial charge in [0.05, 0.1) is 6.61 Å². The summed E-state index contributed by atoms with van der Waals surface area (Å²) < 4.78 is 5.23. The van der Waals surface area contributed by atoms with Crippen LogP contribution in [0.2, 0.25) is 0 Å². The molecule has 0 heterocycles. The third kappa shape index (κ3) is 2.05. The maximum atomic E-state index is 5.23. The van der Waals surface area contributed by atoms with Crippen molar-refractivity contribution in [3.8, 4) is 0 Å². The van der Waals surface area contributed by atoms with E-state index in [-0.39, 0.29) is 0 Å². The zero-order valence-electron chi connectivity index (χ0n) is 12.3. The fourth-order valence-electron chi connectivity index (χ4n) is 5.37. The van der Waals surface area contributed by atoms with E-state index in [1.165, 1.54) is 43.4 Å². The van der Waals surface area contributed by atoms with Crippen LogP contribution in [0.1, 0.15) is 37.7 Å². The Balaban J connectivity index is 1.46. The van der Waals surface area contributed by atoms with Gasteiger partial charge in [-0.1, -0.05) is 18.6 Å². The van der Waals surface area contributed by atoms with Crippen molar-refractivity contribution in [1.82, 2.24) is 0 Å². The van der Waals surface area contributed by atoms with Gasteiger partial charge in [0.25, 0.3) is 0 Å². The second kappa shape index (κ2) is 5.07. The summed E-state index contributed by atoms with van der Waals surface area (Å²) in [4.78, 5) is 0. The molecule has 0 spiro atoms. The highest BCUT2D eigenvalue weighted by Crippen LogP contribution is 2.59. The monoisotopic (exact) mass is 271 g/mol. The average molecular weight is 271 g/mol. The Morgan fingerprint density at radius 2 is 2.05 bits per heavy atom. The summed E-state index contributed by atoms with van der Waals surface area (Å²) in [6.45, 7) is 0.705. The van der Waals surface area contributed by atoms with E-state index >= 15 is 0 Å². The van der Waals surface area contributed by atoms with Gasteiger partial charge in [0.2, 0.25) is 0 Å². The Bertz CT molecular complexity index is 486. The fraction of sp³-hybridized carbons (Fsp3) is 0.667. The summed E-state index contributed by atoms with van der Waals surface area (Å²) >= 11 is 0. The van der Waals surface area contributed by atoms with Crippen LogP contribution in [-0.2, 0) is 11.3 Å². The first-order valence-corrected chi connectivity index (χ1v) is 8.19. The molecule has 2 bridgehead atoms. The van der Waals surface area contributed by atoms with Gasteiger partial charge in [0.15, 0.2) is 0 Å². The third-order valence-electron chi connectivity index (χ3n) is 6.02. The topological polar surface area (TPSA) is 21.3 Å². The van der Waals surface area contributed by atoms with Gasteiger partial charge >= 0.3 is 0 Å². The molecule has 2 nitrogen and oxygen atoms in total. The van der Waals surface area contributed by atoms with Crippen molar-refractivity contribution < 1.29 is 4.74 Å². The van der Waals surface area contributed by atoms with Crippen molar-refractivity contribution >= 4 is 5.69 Å². The first kappa shape index (κ1) is 12.7. The van der Waals surface area contributed by atoms with Gasteiger partial charge in [0.1, 0.15) is 0 Å². The van der Waals surface area contributed by atoms with Crippen LogP contribution in [0.4, 0.5) is 5.69 Å². The molecule has 108 valence electrons. The van der Waals surface area contributed by atoms with Crippen LogP contribution in [0.3, 0.4) is 0 Å². The van der Waals surface area contributed by atoms with Gasteiger partial charge in [-0.25, -0.2) is 0 Å². The number of anilines is 1. The Labute approximate surface area is 121 Å². The van der Waals surface area contributed by atoms with E-state index < -0.39 is 0 Å². The van der Waals surface area contributed by atoms with Crippen LogP contribution >= 0.6 is 0 Å². The summed E-state index contributed by atoms with van der Waals surface area (Å²) in [6, 6.07) is 9.46. The number of nitrogens with one attached hydrogen (secondary N) is 1. The number of ether oxygens (including phenoxy) is 1. The van der Waals surface area contributed by atoms with Gasteiger partial charge < -0.3 is 10.1 Å². The molecule has 20 heavy (non-hydrogen) atoms. The predicted molar refractivity (Wildman–Crippen MR) is 81.6 cm³/mol. The molecular formula is C18H25NO. The maximum absolute atomic E-state index is 5.23. The third-order valence-corrected chi connectivity index (χ3v) is 6.02. The lowest BCUT2D eigenvalue weighted by molar-refractivity contribution is 0.185. The number of hydrogen-bond acceptors (Lipinski definition) is 2. The lowest BCUT2D eigenvalue weighted by atomic mass is 9.79. The highest BCUT2D eigenvalue weighted by Gasteiger charge is 2.53. The second-order valence-corrected chi connectivity index (χ2v) is 7.04. The molecule has 0 radical (unpaired) electrons. The van der Waals surface area contributed by atoms with Crippen molar-refractivity contribution in [3.63, 3.8) is 0 Å². The number of methoxy groups -OCH3 is 1. The summed E-state index contributed by atoms with van der Waals surface area (Å²) in [7, 11) is 1.76. The number of hydrogen-bond donors (Lipinski definition) is 1. The Morgan fingerprint density at radius 3 is 2.95 bits per heavy atom. The molecule has 4 rings (SSSR count). The fourth-order valence-corrected chi connectivity index (χ4v) is 5.37. The standard InChI is InChI=1S/C18H25NO/c1-20-11-12-4-2-5-14(8-12)19-18-10-13-9-17(18)16-7-3-6-15(13)16/h2,4-5,8,13,15-19H,3,6-7,9-11H2,1H3. The summed E-state index contributed by atoms with van der Waals surface area (Å²) in [5, 5.41) is 3.83. The van der Waals surface area contributed by atoms with Crippen molar-refractivity contribution in [2.75, 3.05) is 12.4 Å². The van der Waals surface area contributed by atoms with Crippen LogP contribution in [0.5, 0.6) is 0 Å². The molecule has 5 atom stereocenters. The van der Waals surface area contributed by atoms with Crippen LogP contribution in [0.25, 0.3) is 0 Å². The average Bonchev–Trinajstić information content (AvgIpc) is 3.11. The molecule has 0 aliphatic heterocycles. The summed E-state index contributed by atoms with van der Waals surface area (Å²) in [5.74, 6) is 4.08. The van der Waals surface area contributed by atoms with Crippen molar-refractivity contribution in [2.45, 2.75) is 44.8 Å². The summed E-state index contributed by atoms with van der Waals surface area (Å²) in [5.41, 5.74) is 2.55. The Hall–Kier alpha value is -1.02. The van der Waals surface area contributed by atoms with Crippen molar-refractivity contribution in [2.24, 2.45) is 23.7 Å². The van der Waals surface area contributed by atoms with E-state index in [1.807, 2.05) is 0 Å². The minimum atomic E-state index is 0.705. The van der Waals surface area contributed by atoms with Gasteiger partial charge in [-0.05, 0) is 67.1 Å². The van der Waals surface area contributed by atoms with Crippen LogP contribution in [-0.4, -0.2) is 13.2 Å². The van der Waals surface area contributed by atoms with E-state index in [1.54, 1.807) is 7.11 Å². The molecule has 3 saturated carbocycles. The van der Waals surface area contributed by atoms with E-state index in [9.17, 15) is 0 Å². The second-order valence-electron chi connectivity index (χ2n) is 7.04. The molecule has 1 aromatic rings. The lowest BCUT2D eigenvalue weighted by Crippen LogP contribution is -2.33. The minimum Gasteiger partial charge on any atom is -0.382 e. The number of fused-ring (bicyclic) bond motifs is 5. The first-order chi connectivity index (χ1) is 9.85. The van der Waals surface area contributed by atoms with Gasteiger partial charge in [-0.2, -0.15) is 0 Å². The quantitative estimate of drug-likeness (QED) is 0.891. The van der Waals surface area contributed by atoms with Gasteiger partial charge in [0, 0.05) is 18.8 Å². The zero-order valence-corrected chi connectivity index (χ0v) is 12.3. The molecule has 1 aromatic carbocycles. The minimum absolute atomic E-state index is 0.705. The molecule has 0 saturated heterocycles. The zero-order chi connectivity index (χ0) is 13.5. The smallest absolute Gasteiger partial charge is 0.0713 e. The largest absolute Gasteiger partial charge is 0.382 e. The van der Waals surface area contributed by atoms with E-state index in [0.717, 1.165) is 29.7 Å². The molecule has 3 fully saturated rings. The molecule has 0 amide bonds. The van der Waals surface area contributed by atoms with E-state index in [2.05, 4.69) is 29.6 Å². The number of rotatable bonds is 4. The molecule has 3 aliphatic rings. The molecule has 1 N–H and O–H groups in total. The van der Waals surface area contributed by atoms with Crippen molar-refractivity contribution in [3.05, 3.63) is 29.8 Å². The highest BCUT2D eigenvalue weighted by molar-refractivity contribution is 5.47. The molecule has 5 unspecified atom stereocenters. The Kier molecular flexibility index (Phi) is 3.22. The van der Waals surface area contributed by atoms with Crippen LogP contribution < -0.4 is 5.32 Å². The van der Waals surface area contributed by atoms with Crippen molar-refractivity contribution in [1.29, 1.82) is 0 Å². The van der Waals surface area contributed by atoms with E-state index in [4.69, 9.17) is 4.74 Å². The molecule has 0 aromatic heterocycles. The normalized spacial score (nSPS) is 38.1. The van der Waals surface area contributed by atoms with Gasteiger partial charge in [-0.3, -0.25) is 0 Å². The van der Waals surface area contributed by atoms with E-state index in [0.29, 0.717) is 6.61 Å². The predicted octanol–water partition coefficient (Wildman–Crippen LogP) is 4.07. The highest BCUT2D eigenvalue weighted by atomic mass is 16.5. The lowest BCUT2D eigenvalue weighted by Gasteiger charge is -2.32.